The highest BCUT2D eigenvalue weighted by atomic mass is 19.1. The standard InChI is InChI=1S/C22H29F/c1-6-9-12-22-18(5)19(8-3)16-21(22)14-13-20(11-10-15-23)17(4)7-2/h6-11,14-15,22H,5,12-13,16H2,1-4H3/b9-6+,15-10+,17-7-,19-8+,20-11-,21-14-. The molecule has 124 valence electrons. The van der Waals surface area contributed by atoms with E-state index >= 15 is 0 Å². The van der Waals surface area contributed by atoms with Gasteiger partial charge in [0.1, 0.15) is 0 Å². The molecule has 1 aliphatic rings. The topological polar surface area (TPSA) is 0 Å². The van der Waals surface area contributed by atoms with Crippen molar-refractivity contribution >= 4 is 0 Å². The van der Waals surface area contributed by atoms with Crippen LogP contribution in [-0.2, 0) is 0 Å². The molecule has 0 aliphatic heterocycles. The van der Waals surface area contributed by atoms with Gasteiger partial charge < -0.3 is 0 Å². The number of hydrogen-bond acceptors (Lipinski definition) is 0. The molecule has 1 saturated carbocycles. The summed E-state index contributed by atoms with van der Waals surface area (Å²) in [4.78, 5) is 0. The molecule has 0 spiro atoms. The third-order valence-corrected chi connectivity index (χ3v) is 4.53. The molecule has 0 saturated heterocycles. The molecule has 1 fully saturated rings. The Balaban J connectivity index is 3.04. The lowest BCUT2D eigenvalue weighted by Gasteiger charge is -2.12. The van der Waals surface area contributed by atoms with Gasteiger partial charge in [0.25, 0.3) is 0 Å². The van der Waals surface area contributed by atoms with Gasteiger partial charge in [-0.15, -0.1) is 0 Å². The predicted molar refractivity (Wildman–Crippen MR) is 101 cm³/mol. The molecule has 1 atom stereocenters. The second-order valence-electron chi connectivity index (χ2n) is 5.84. The quantitative estimate of drug-likeness (QED) is 0.360. The van der Waals surface area contributed by atoms with Crippen LogP contribution in [-0.4, -0.2) is 0 Å². The van der Waals surface area contributed by atoms with E-state index in [1.54, 1.807) is 0 Å². The van der Waals surface area contributed by atoms with E-state index in [-0.39, 0.29) is 0 Å². The second-order valence-corrected chi connectivity index (χ2v) is 5.84. The molecule has 0 heterocycles. The fraction of sp³-hybridized carbons (Fsp3) is 0.364. The van der Waals surface area contributed by atoms with Crippen molar-refractivity contribution in [2.45, 2.75) is 47.0 Å². The molecule has 1 unspecified atom stereocenters. The summed E-state index contributed by atoms with van der Waals surface area (Å²) in [5, 5.41) is 0. The van der Waals surface area contributed by atoms with Crippen LogP contribution in [0, 0.1) is 5.92 Å². The van der Waals surface area contributed by atoms with Gasteiger partial charge in [-0.1, -0.05) is 54.2 Å². The largest absolute Gasteiger partial charge is 0.216 e. The average molecular weight is 312 g/mol. The summed E-state index contributed by atoms with van der Waals surface area (Å²) in [6.45, 7) is 12.5. The molecule has 0 aromatic rings. The third kappa shape index (κ3) is 5.35. The van der Waals surface area contributed by atoms with Crippen LogP contribution in [0.25, 0.3) is 0 Å². The first-order valence-electron chi connectivity index (χ1n) is 8.32. The molecule has 1 heteroatoms. The molecular formula is C22H29F. The van der Waals surface area contributed by atoms with Crippen LogP contribution in [0.1, 0.15) is 47.0 Å². The zero-order valence-corrected chi connectivity index (χ0v) is 14.9. The van der Waals surface area contributed by atoms with Crippen molar-refractivity contribution in [2.24, 2.45) is 5.92 Å². The Morgan fingerprint density at radius 2 is 2.04 bits per heavy atom. The fourth-order valence-corrected chi connectivity index (χ4v) is 2.91. The van der Waals surface area contributed by atoms with E-state index in [0.29, 0.717) is 12.2 Å². The Labute approximate surface area is 141 Å². The summed E-state index contributed by atoms with van der Waals surface area (Å²) in [6, 6.07) is 0. The summed E-state index contributed by atoms with van der Waals surface area (Å²) in [6.07, 6.45) is 17.6. The monoisotopic (exact) mass is 312 g/mol. The number of halogens is 1. The molecule has 0 bridgehead atoms. The lowest BCUT2D eigenvalue weighted by molar-refractivity contribution is 0.721. The highest BCUT2D eigenvalue weighted by Crippen LogP contribution is 2.42. The Bertz CT molecular complexity index is 591. The van der Waals surface area contributed by atoms with E-state index < -0.39 is 0 Å². The maximum absolute atomic E-state index is 12.3. The van der Waals surface area contributed by atoms with E-state index in [2.05, 4.69) is 57.7 Å². The first kappa shape index (κ1) is 19.2. The minimum absolute atomic E-state index is 0.404. The molecule has 0 amide bonds. The Morgan fingerprint density at radius 3 is 2.61 bits per heavy atom. The van der Waals surface area contributed by atoms with Gasteiger partial charge in [0.2, 0.25) is 0 Å². The minimum Gasteiger partial charge on any atom is -0.216 e. The summed E-state index contributed by atoms with van der Waals surface area (Å²) < 4.78 is 12.3. The van der Waals surface area contributed by atoms with Gasteiger partial charge in [0.15, 0.2) is 0 Å². The summed E-state index contributed by atoms with van der Waals surface area (Å²) in [5.41, 5.74) is 6.36. The van der Waals surface area contributed by atoms with E-state index in [0.717, 1.165) is 24.8 Å². The zero-order chi connectivity index (χ0) is 17.2. The Hall–Kier alpha value is -1.89. The lowest BCUT2D eigenvalue weighted by Crippen LogP contribution is -1.98. The van der Waals surface area contributed by atoms with Crippen molar-refractivity contribution < 1.29 is 4.39 Å². The van der Waals surface area contributed by atoms with Crippen LogP contribution in [0.3, 0.4) is 0 Å². The normalized spacial score (nSPS) is 24.0. The van der Waals surface area contributed by atoms with Crippen LogP contribution in [0.2, 0.25) is 0 Å². The van der Waals surface area contributed by atoms with Crippen molar-refractivity contribution in [2.75, 3.05) is 0 Å². The van der Waals surface area contributed by atoms with Gasteiger partial charge >= 0.3 is 0 Å². The first-order valence-corrected chi connectivity index (χ1v) is 8.32. The molecule has 0 radical (unpaired) electrons. The van der Waals surface area contributed by atoms with Gasteiger partial charge in [-0.25, -0.2) is 4.39 Å². The van der Waals surface area contributed by atoms with Crippen LogP contribution < -0.4 is 0 Å². The zero-order valence-electron chi connectivity index (χ0n) is 14.9. The van der Waals surface area contributed by atoms with Crippen LogP contribution in [0.5, 0.6) is 0 Å². The van der Waals surface area contributed by atoms with Gasteiger partial charge in [-0.05, 0) is 69.8 Å². The molecule has 0 aromatic heterocycles. The van der Waals surface area contributed by atoms with Gasteiger partial charge in [0, 0.05) is 5.92 Å². The molecule has 0 N–H and O–H groups in total. The van der Waals surface area contributed by atoms with Crippen LogP contribution >= 0.6 is 0 Å². The lowest BCUT2D eigenvalue weighted by atomic mass is 9.93. The van der Waals surface area contributed by atoms with E-state index in [1.807, 2.05) is 13.0 Å². The van der Waals surface area contributed by atoms with Crippen molar-refractivity contribution in [1.29, 1.82) is 0 Å². The smallest absolute Gasteiger partial charge is 0.0867 e. The van der Waals surface area contributed by atoms with E-state index in [1.165, 1.54) is 28.4 Å². The summed E-state index contributed by atoms with van der Waals surface area (Å²) in [5.74, 6) is 0.404. The number of rotatable bonds is 6. The first-order chi connectivity index (χ1) is 11.1. The van der Waals surface area contributed by atoms with E-state index in [9.17, 15) is 4.39 Å². The van der Waals surface area contributed by atoms with Crippen molar-refractivity contribution in [3.8, 4) is 0 Å². The molecular weight excluding hydrogens is 283 g/mol. The second kappa shape index (κ2) is 9.99. The Morgan fingerprint density at radius 1 is 1.30 bits per heavy atom. The molecule has 0 aromatic carbocycles. The maximum atomic E-state index is 12.3. The summed E-state index contributed by atoms with van der Waals surface area (Å²) in [7, 11) is 0. The SMILES string of the molecule is C=C1/C(=C/C)C/C(=C/CC(=C/C=C/F)/C(C)=C\C)C1C/C=C/C. The Kier molecular flexibility index (Phi) is 8.32. The number of allylic oxidation sites excluding steroid dienone is 12. The van der Waals surface area contributed by atoms with Gasteiger partial charge in [0.05, 0.1) is 6.33 Å². The highest BCUT2D eigenvalue weighted by Gasteiger charge is 2.26. The average Bonchev–Trinajstić information content (AvgIpc) is 2.87. The van der Waals surface area contributed by atoms with Crippen molar-refractivity contribution in [3.05, 3.63) is 83.3 Å². The molecule has 23 heavy (non-hydrogen) atoms. The van der Waals surface area contributed by atoms with Crippen LogP contribution in [0.15, 0.2) is 83.3 Å². The molecule has 1 rings (SSSR count). The molecule has 1 aliphatic carbocycles. The maximum Gasteiger partial charge on any atom is 0.0867 e. The van der Waals surface area contributed by atoms with Crippen molar-refractivity contribution in [1.82, 2.24) is 0 Å². The highest BCUT2D eigenvalue weighted by molar-refractivity contribution is 5.47. The summed E-state index contributed by atoms with van der Waals surface area (Å²) >= 11 is 0. The van der Waals surface area contributed by atoms with Crippen molar-refractivity contribution in [3.63, 3.8) is 0 Å². The fourth-order valence-electron chi connectivity index (χ4n) is 2.91. The minimum atomic E-state index is 0.404. The van der Waals surface area contributed by atoms with Gasteiger partial charge in [-0.2, -0.15) is 0 Å². The van der Waals surface area contributed by atoms with Crippen LogP contribution in [0.4, 0.5) is 4.39 Å². The third-order valence-electron chi connectivity index (χ3n) is 4.53. The van der Waals surface area contributed by atoms with Gasteiger partial charge in [-0.3, -0.25) is 0 Å². The molecule has 0 nitrogen and oxygen atoms in total. The predicted octanol–water partition coefficient (Wildman–Crippen LogP) is 7.17. The number of hydrogen-bond donors (Lipinski definition) is 0. The van der Waals surface area contributed by atoms with E-state index in [4.69, 9.17) is 0 Å².